The zero-order valence-corrected chi connectivity index (χ0v) is 11.2. The van der Waals surface area contributed by atoms with Crippen molar-refractivity contribution in [3.05, 3.63) is 29.8 Å². The van der Waals surface area contributed by atoms with Gasteiger partial charge in [-0.3, -0.25) is 11.3 Å². The molecule has 0 saturated heterocycles. The first-order valence-electron chi connectivity index (χ1n) is 6.03. The second kappa shape index (κ2) is 5.87. The molecule has 3 N–H and O–H groups in total. The van der Waals surface area contributed by atoms with E-state index in [1.54, 1.807) is 0 Å². The fourth-order valence-electron chi connectivity index (χ4n) is 1.99. The standard InChI is InChI=1S/C13H20N2OS/c1-9(2)16-8-11(15-14)13-7-10-5-3-4-6-12(10)17-13/h3-6,9,11,13,15H,7-8,14H2,1-2H3. The second-order valence-electron chi connectivity index (χ2n) is 4.62. The second-order valence-corrected chi connectivity index (χ2v) is 5.90. The highest BCUT2D eigenvalue weighted by atomic mass is 32.2. The molecule has 0 spiro atoms. The first kappa shape index (κ1) is 12.9. The van der Waals surface area contributed by atoms with Gasteiger partial charge in [-0.2, -0.15) is 0 Å². The van der Waals surface area contributed by atoms with Gasteiger partial charge in [-0.1, -0.05) is 18.2 Å². The molecule has 0 bridgehead atoms. The van der Waals surface area contributed by atoms with Crippen molar-refractivity contribution in [2.24, 2.45) is 5.84 Å². The topological polar surface area (TPSA) is 47.3 Å². The van der Waals surface area contributed by atoms with Crippen LogP contribution in [-0.2, 0) is 11.2 Å². The number of benzene rings is 1. The van der Waals surface area contributed by atoms with E-state index in [-0.39, 0.29) is 12.1 Å². The molecule has 0 fully saturated rings. The molecule has 0 amide bonds. The Balaban J connectivity index is 1.95. The van der Waals surface area contributed by atoms with Crippen LogP contribution in [0, 0.1) is 0 Å². The van der Waals surface area contributed by atoms with E-state index in [1.165, 1.54) is 10.5 Å². The van der Waals surface area contributed by atoms with Gasteiger partial charge in [0.15, 0.2) is 0 Å². The van der Waals surface area contributed by atoms with E-state index in [0.29, 0.717) is 11.9 Å². The van der Waals surface area contributed by atoms with Crippen LogP contribution in [0.4, 0.5) is 0 Å². The van der Waals surface area contributed by atoms with Crippen molar-refractivity contribution in [1.82, 2.24) is 5.43 Å². The van der Waals surface area contributed by atoms with Crippen LogP contribution in [-0.4, -0.2) is 24.0 Å². The Kier molecular flexibility index (Phi) is 4.45. The van der Waals surface area contributed by atoms with E-state index >= 15 is 0 Å². The highest BCUT2D eigenvalue weighted by Gasteiger charge is 2.28. The lowest BCUT2D eigenvalue weighted by molar-refractivity contribution is 0.0610. The number of thioether (sulfide) groups is 1. The summed E-state index contributed by atoms with van der Waals surface area (Å²) in [6, 6.07) is 8.76. The number of hydrogen-bond donors (Lipinski definition) is 2. The van der Waals surface area contributed by atoms with Gasteiger partial charge in [-0.15, -0.1) is 11.8 Å². The Morgan fingerprint density at radius 3 is 2.88 bits per heavy atom. The molecule has 1 aromatic rings. The predicted octanol–water partition coefficient (Wildman–Crippen LogP) is 1.96. The maximum Gasteiger partial charge on any atom is 0.0647 e. The molecule has 0 aliphatic carbocycles. The van der Waals surface area contributed by atoms with E-state index in [9.17, 15) is 0 Å². The highest BCUT2D eigenvalue weighted by Crippen LogP contribution is 2.38. The summed E-state index contributed by atoms with van der Waals surface area (Å²) in [6.07, 6.45) is 1.32. The van der Waals surface area contributed by atoms with Gasteiger partial charge in [0.1, 0.15) is 0 Å². The fraction of sp³-hybridized carbons (Fsp3) is 0.538. The summed E-state index contributed by atoms with van der Waals surface area (Å²) < 4.78 is 5.65. The number of nitrogens with one attached hydrogen (secondary N) is 1. The molecule has 0 radical (unpaired) electrons. The van der Waals surface area contributed by atoms with Gasteiger partial charge < -0.3 is 4.74 Å². The Morgan fingerprint density at radius 1 is 1.47 bits per heavy atom. The number of nitrogens with two attached hydrogens (primary N) is 1. The Morgan fingerprint density at radius 2 is 2.24 bits per heavy atom. The number of ether oxygens (including phenoxy) is 1. The van der Waals surface area contributed by atoms with Gasteiger partial charge in [0.05, 0.1) is 18.8 Å². The minimum absolute atomic E-state index is 0.204. The summed E-state index contributed by atoms with van der Waals surface area (Å²) in [5.74, 6) is 5.63. The largest absolute Gasteiger partial charge is 0.377 e. The number of hydrazine groups is 1. The normalized spacial score (nSPS) is 20.6. The molecule has 4 heteroatoms. The molecule has 1 aliphatic heterocycles. The van der Waals surface area contributed by atoms with Crippen molar-refractivity contribution in [3.8, 4) is 0 Å². The van der Waals surface area contributed by atoms with E-state index in [0.717, 1.165) is 6.42 Å². The zero-order valence-electron chi connectivity index (χ0n) is 10.3. The van der Waals surface area contributed by atoms with E-state index < -0.39 is 0 Å². The molecule has 0 aromatic heterocycles. The zero-order chi connectivity index (χ0) is 12.3. The van der Waals surface area contributed by atoms with Crippen molar-refractivity contribution >= 4 is 11.8 Å². The van der Waals surface area contributed by atoms with Crippen molar-refractivity contribution in [3.63, 3.8) is 0 Å². The summed E-state index contributed by atoms with van der Waals surface area (Å²) in [5, 5.41) is 0.469. The van der Waals surface area contributed by atoms with Gasteiger partial charge >= 0.3 is 0 Å². The van der Waals surface area contributed by atoms with Crippen LogP contribution in [0.5, 0.6) is 0 Å². The first-order valence-corrected chi connectivity index (χ1v) is 6.91. The Labute approximate surface area is 107 Å². The molecule has 2 unspecified atom stereocenters. The molecule has 3 nitrogen and oxygen atoms in total. The summed E-state index contributed by atoms with van der Waals surface area (Å²) in [5.41, 5.74) is 4.31. The van der Waals surface area contributed by atoms with Gasteiger partial charge in [-0.05, 0) is 31.9 Å². The van der Waals surface area contributed by atoms with Crippen molar-refractivity contribution in [1.29, 1.82) is 0 Å². The third kappa shape index (κ3) is 3.22. The van der Waals surface area contributed by atoms with Crippen LogP contribution in [0.25, 0.3) is 0 Å². The van der Waals surface area contributed by atoms with Gasteiger partial charge in [0.25, 0.3) is 0 Å². The molecule has 2 atom stereocenters. The molecule has 2 rings (SSSR count). The molecular weight excluding hydrogens is 232 g/mol. The third-order valence-corrected chi connectivity index (χ3v) is 4.39. The summed E-state index contributed by atoms with van der Waals surface area (Å²) in [6.45, 7) is 4.76. The number of rotatable bonds is 5. The molecule has 17 heavy (non-hydrogen) atoms. The summed E-state index contributed by atoms with van der Waals surface area (Å²) in [7, 11) is 0. The SMILES string of the molecule is CC(C)OCC(NN)C1Cc2ccccc2S1. The average molecular weight is 252 g/mol. The molecular formula is C13H20N2OS. The maximum atomic E-state index is 5.65. The average Bonchev–Trinajstić information content (AvgIpc) is 2.72. The van der Waals surface area contributed by atoms with Crippen molar-refractivity contribution < 1.29 is 4.74 Å². The highest BCUT2D eigenvalue weighted by molar-refractivity contribution is 8.00. The molecule has 94 valence electrons. The third-order valence-electron chi connectivity index (χ3n) is 2.94. The van der Waals surface area contributed by atoms with E-state index in [2.05, 4.69) is 29.7 Å². The summed E-state index contributed by atoms with van der Waals surface area (Å²) >= 11 is 1.90. The number of hydrogen-bond acceptors (Lipinski definition) is 4. The minimum Gasteiger partial charge on any atom is -0.377 e. The van der Waals surface area contributed by atoms with Gasteiger partial charge in [-0.25, -0.2) is 0 Å². The van der Waals surface area contributed by atoms with Crippen LogP contribution >= 0.6 is 11.8 Å². The van der Waals surface area contributed by atoms with Crippen molar-refractivity contribution in [2.75, 3.05) is 6.61 Å². The summed E-state index contributed by atoms with van der Waals surface area (Å²) in [4.78, 5) is 1.38. The maximum absolute atomic E-state index is 5.65. The molecule has 0 saturated carbocycles. The Hall–Kier alpha value is -0.550. The predicted molar refractivity (Wildman–Crippen MR) is 72.0 cm³/mol. The molecule has 1 heterocycles. The lowest BCUT2D eigenvalue weighted by Gasteiger charge is -2.22. The van der Waals surface area contributed by atoms with Crippen LogP contribution in [0.15, 0.2) is 29.2 Å². The van der Waals surface area contributed by atoms with Crippen LogP contribution in [0.1, 0.15) is 19.4 Å². The monoisotopic (exact) mass is 252 g/mol. The molecule has 1 aromatic carbocycles. The Bertz CT molecular complexity index is 345. The first-order chi connectivity index (χ1) is 8.20. The molecule has 1 aliphatic rings. The smallest absolute Gasteiger partial charge is 0.0647 e. The van der Waals surface area contributed by atoms with Crippen LogP contribution < -0.4 is 11.3 Å². The van der Waals surface area contributed by atoms with Crippen LogP contribution in [0.2, 0.25) is 0 Å². The van der Waals surface area contributed by atoms with E-state index in [1.807, 2.05) is 25.6 Å². The minimum atomic E-state index is 0.204. The lowest BCUT2D eigenvalue weighted by Crippen LogP contribution is -2.46. The van der Waals surface area contributed by atoms with Gasteiger partial charge in [0.2, 0.25) is 0 Å². The van der Waals surface area contributed by atoms with Gasteiger partial charge in [0, 0.05) is 10.1 Å². The van der Waals surface area contributed by atoms with Crippen LogP contribution in [0.3, 0.4) is 0 Å². The lowest BCUT2D eigenvalue weighted by atomic mass is 10.1. The quantitative estimate of drug-likeness (QED) is 0.621. The fourth-order valence-corrected chi connectivity index (χ4v) is 3.36. The van der Waals surface area contributed by atoms with Crippen molar-refractivity contribution in [2.45, 2.75) is 42.6 Å². The van der Waals surface area contributed by atoms with E-state index in [4.69, 9.17) is 10.6 Å². The number of fused-ring (bicyclic) bond motifs is 1.